The number of alkyl halides is 2. The Kier molecular flexibility index (Phi) is 6.67. The highest BCUT2D eigenvalue weighted by atomic mass is 32.2. The fourth-order valence-corrected chi connectivity index (χ4v) is 3.52. The van der Waals surface area contributed by atoms with Gasteiger partial charge in [0.05, 0.1) is 23.3 Å². The van der Waals surface area contributed by atoms with E-state index in [1.807, 2.05) is 0 Å². The van der Waals surface area contributed by atoms with Crippen LogP contribution >= 0.6 is 0 Å². The highest BCUT2D eigenvalue weighted by molar-refractivity contribution is 7.92. The van der Waals surface area contributed by atoms with Gasteiger partial charge in [0.1, 0.15) is 6.04 Å². The molecular formula is C19H21F2N7O3S. The first kappa shape index (κ1) is 23.1. The third kappa shape index (κ3) is 5.55. The normalized spacial score (nSPS) is 12.4. The summed E-state index contributed by atoms with van der Waals surface area (Å²) < 4.78 is 53.5. The number of halogens is 2. The monoisotopic (exact) mass is 465 g/mol. The molecule has 1 aromatic carbocycles. The van der Waals surface area contributed by atoms with Crippen LogP contribution in [0.3, 0.4) is 0 Å². The summed E-state index contributed by atoms with van der Waals surface area (Å²) in [5, 5.41) is 12.6. The van der Waals surface area contributed by atoms with Crippen LogP contribution in [0.4, 0.5) is 25.1 Å². The Bertz CT molecular complexity index is 1220. The molecule has 0 bridgehead atoms. The highest BCUT2D eigenvalue weighted by Crippen LogP contribution is 2.27. The van der Waals surface area contributed by atoms with Crippen molar-refractivity contribution in [3.8, 4) is 11.4 Å². The van der Waals surface area contributed by atoms with E-state index in [0.717, 1.165) is 6.26 Å². The Hall–Kier alpha value is -3.61. The summed E-state index contributed by atoms with van der Waals surface area (Å²) in [5.74, 6) is 0.124. The molecule has 2 aromatic heterocycles. The first-order valence-electron chi connectivity index (χ1n) is 9.31. The van der Waals surface area contributed by atoms with Crippen molar-refractivity contribution in [1.29, 1.82) is 0 Å². The molecule has 0 unspecified atom stereocenters. The average molecular weight is 465 g/mol. The molecule has 170 valence electrons. The van der Waals surface area contributed by atoms with Gasteiger partial charge < -0.3 is 5.32 Å². The summed E-state index contributed by atoms with van der Waals surface area (Å²) in [6.07, 6.45) is -1.81. The van der Waals surface area contributed by atoms with Crippen molar-refractivity contribution in [2.75, 3.05) is 16.3 Å². The molecule has 2 amide bonds. The van der Waals surface area contributed by atoms with Gasteiger partial charge in [0.15, 0.2) is 11.5 Å². The van der Waals surface area contributed by atoms with Crippen molar-refractivity contribution < 1.29 is 22.0 Å². The van der Waals surface area contributed by atoms with Gasteiger partial charge in [-0.3, -0.25) is 10.0 Å². The van der Waals surface area contributed by atoms with Crippen LogP contribution in [0.15, 0.2) is 42.5 Å². The number of hydrogen-bond acceptors (Lipinski definition) is 6. The van der Waals surface area contributed by atoms with Crippen molar-refractivity contribution in [3.05, 3.63) is 53.7 Å². The number of benzene rings is 1. The second kappa shape index (κ2) is 9.26. The van der Waals surface area contributed by atoms with Crippen molar-refractivity contribution in [2.24, 2.45) is 7.05 Å². The molecule has 32 heavy (non-hydrogen) atoms. The van der Waals surface area contributed by atoms with E-state index in [4.69, 9.17) is 0 Å². The lowest BCUT2D eigenvalue weighted by molar-refractivity contribution is 0.103. The lowest BCUT2D eigenvalue weighted by atomic mass is 10.1. The molecule has 0 aliphatic rings. The zero-order chi connectivity index (χ0) is 23.5. The molecule has 0 radical (unpaired) electrons. The van der Waals surface area contributed by atoms with Gasteiger partial charge in [-0.2, -0.15) is 0 Å². The molecule has 2 heterocycles. The molecular weight excluding hydrogens is 444 g/mol. The van der Waals surface area contributed by atoms with Gasteiger partial charge in [0.2, 0.25) is 10.0 Å². The van der Waals surface area contributed by atoms with E-state index in [1.54, 1.807) is 25.1 Å². The number of nitrogens with zero attached hydrogens (tertiary/aromatic N) is 4. The predicted molar refractivity (Wildman–Crippen MR) is 115 cm³/mol. The fraction of sp³-hybridized carbons (Fsp3) is 0.263. The molecule has 0 saturated heterocycles. The number of carbonyl (C=O) groups is 1. The van der Waals surface area contributed by atoms with Gasteiger partial charge in [-0.05, 0) is 24.6 Å². The van der Waals surface area contributed by atoms with Gasteiger partial charge in [-0.25, -0.2) is 31.7 Å². The van der Waals surface area contributed by atoms with Crippen molar-refractivity contribution in [1.82, 2.24) is 25.3 Å². The largest absolute Gasteiger partial charge is 0.325 e. The molecule has 3 N–H and O–H groups in total. The zero-order valence-corrected chi connectivity index (χ0v) is 18.2. The summed E-state index contributed by atoms with van der Waals surface area (Å²) in [6.45, 7) is 1.60. The predicted octanol–water partition coefficient (Wildman–Crippen LogP) is 2.68. The summed E-state index contributed by atoms with van der Waals surface area (Å²) >= 11 is 0. The van der Waals surface area contributed by atoms with Crippen molar-refractivity contribution >= 4 is 27.6 Å². The van der Waals surface area contributed by atoms with Gasteiger partial charge in [0, 0.05) is 7.05 Å². The molecule has 13 heteroatoms. The van der Waals surface area contributed by atoms with Gasteiger partial charge >= 0.3 is 6.03 Å². The van der Waals surface area contributed by atoms with Crippen LogP contribution in [-0.2, 0) is 17.1 Å². The number of rotatable bonds is 7. The SMILES string of the molecule is Cc1nc(-c2nnn(C)c2NC(=O)N[C@@H](c2ccccc2)C(F)F)ccc1NS(C)(=O)=O. The first-order valence-corrected chi connectivity index (χ1v) is 11.2. The maximum atomic E-state index is 13.5. The molecule has 1 atom stereocenters. The van der Waals surface area contributed by atoms with Gasteiger partial charge in [-0.15, -0.1) is 5.10 Å². The number of aromatic nitrogens is 4. The smallest absolute Gasteiger partial charge is 0.321 e. The number of anilines is 2. The van der Waals surface area contributed by atoms with E-state index in [0.29, 0.717) is 11.4 Å². The van der Waals surface area contributed by atoms with Gasteiger partial charge in [0.25, 0.3) is 6.43 Å². The van der Waals surface area contributed by atoms with E-state index < -0.39 is 28.5 Å². The third-order valence-electron chi connectivity index (χ3n) is 4.38. The minimum absolute atomic E-state index is 0.124. The fourth-order valence-electron chi connectivity index (χ4n) is 2.91. The number of urea groups is 1. The summed E-state index contributed by atoms with van der Waals surface area (Å²) in [6, 6.07) is 8.48. The Balaban J connectivity index is 1.83. The third-order valence-corrected chi connectivity index (χ3v) is 4.97. The molecule has 0 aliphatic carbocycles. The zero-order valence-electron chi connectivity index (χ0n) is 17.4. The van der Waals surface area contributed by atoms with E-state index in [-0.39, 0.29) is 22.8 Å². The topological polar surface area (TPSA) is 131 Å². The highest BCUT2D eigenvalue weighted by Gasteiger charge is 2.25. The number of aryl methyl sites for hydroxylation is 2. The van der Waals surface area contributed by atoms with Crippen molar-refractivity contribution in [2.45, 2.75) is 19.4 Å². The van der Waals surface area contributed by atoms with Crippen LogP contribution in [-0.4, -0.2) is 47.1 Å². The minimum atomic E-state index is -3.49. The lowest BCUT2D eigenvalue weighted by Crippen LogP contribution is -2.36. The Morgan fingerprint density at radius 2 is 1.81 bits per heavy atom. The van der Waals surface area contributed by atoms with E-state index in [1.165, 1.54) is 36.0 Å². The number of nitrogens with one attached hydrogen (secondary N) is 3. The second-order valence-corrected chi connectivity index (χ2v) is 8.68. The summed E-state index contributed by atoms with van der Waals surface area (Å²) in [4.78, 5) is 16.8. The average Bonchev–Trinajstić information content (AvgIpc) is 3.07. The van der Waals surface area contributed by atoms with Crippen LogP contribution in [0.1, 0.15) is 17.3 Å². The van der Waals surface area contributed by atoms with Crippen molar-refractivity contribution in [3.63, 3.8) is 0 Å². The number of pyridine rings is 1. The van der Waals surface area contributed by atoms with Crippen LogP contribution in [0.2, 0.25) is 0 Å². The minimum Gasteiger partial charge on any atom is -0.325 e. The Labute approximate surface area is 183 Å². The quantitative estimate of drug-likeness (QED) is 0.492. The first-order chi connectivity index (χ1) is 15.0. The maximum Gasteiger partial charge on any atom is 0.321 e. The summed E-state index contributed by atoms with van der Waals surface area (Å²) in [7, 11) is -1.97. The van der Waals surface area contributed by atoms with E-state index in [2.05, 4.69) is 30.7 Å². The molecule has 0 fully saturated rings. The van der Waals surface area contributed by atoms with Crippen LogP contribution in [0, 0.1) is 6.92 Å². The standard InChI is InChI=1S/C19H21F2N7O3S/c1-11-13(26-32(3,30)31)9-10-14(22-11)16-18(28(2)27-25-16)24-19(29)23-15(17(20)21)12-7-5-4-6-8-12/h4-10,15,17,26H,1-3H3,(H2,23,24,29)/t15-/m0/s1. The lowest BCUT2D eigenvalue weighted by Gasteiger charge is -2.19. The summed E-state index contributed by atoms with van der Waals surface area (Å²) in [5.41, 5.74) is 1.40. The van der Waals surface area contributed by atoms with E-state index >= 15 is 0 Å². The number of sulfonamides is 1. The number of hydrogen-bond donors (Lipinski definition) is 3. The molecule has 10 nitrogen and oxygen atoms in total. The number of amides is 2. The van der Waals surface area contributed by atoms with Crippen LogP contribution in [0.25, 0.3) is 11.4 Å². The second-order valence-electron chi connectivity index (χ2n) is 6.94. The Morgan fingerprint density at radius 1 is 1.12 bits per heavy atom. The molecule has 0 aliphatic heterocycles. The van der Waals surface area contributed by atoms with Crippen LogP contribution in [0.5, 0.6) is 0 Å². The molecule has 3 rings (SSSR count). The van der Waals surface area contributed by atoms with Crippen LogP contribution < -0.4 is 15.4 Å². The molecule has 0 saturated carbocycles. The Morgan fingerprint density at radius 3 is 2.41 bits per heavy atom. The van der Waals surface area contributed by atoms with E-state index in [9.17, 15) is 22.0 Å². The molecule has 0 spiro atoms. The number of carbonyl (C=O) groups excluding carboxylic acids is 1. The maximum absolute atomic E-state index is 13.5. The van der Waals surface area contributed by atoms with Gasteiger partial charge in [-0.1, -0.05) is 35.5 Å². The molecule has 3 aromatic rings.